The smallest absolute Gasteiger partial charge is 0.307 e. The lowest BCUT2D eigenvalue weighted by Crippen LogP contribution is -2.24. The van der Waals surface area contributed by atoms with Gasteiger partial charge < -0.3 is 5.11 Å². The number of fused-ring (bicyclic) bond motifs is 1. The molecular formula is C12H20O2. The summed E-state index contributed by atoms with van der Waals surface area (Å²) in [5, 5.41) is 9.21. The predicted molar refractivity (Wildman–Crippen MR) is 55.0 cm³/mol. The lowest BCUT2D eigenvalue weighted by atomic mass is 9.84. The Hall–Kier alpha value is -0.530. The van der Waals surface area contributed by atoms with Gasteiger partial charge in [-0.25, -0.2) is 0 Å². The first kappa shape index (κ1) is 10.0. The Kier molecular flexibility index (Phi) is 2.80. The van der Waals surface area contributed by atoms with Crippen molar-refractivity contribution in [3.8, 4) is 0 Å². The van der Waals surface area contributed by atoms with Crippen molar-refractivity contribution in [2.24, 2.45) is 23.7 Å². The zero-order chi connectivity index (χ0) is 10.1. The molecule has 0 heterocycles. The maximum absolute atomic E-state index is 11.2. The number of carboxylic acids is 1. The molecule has 0 spiro atoms. The second-order valence-corrected chi connectivity index (χ2v) is 5.14. The van der Waals surface area contributed by atoms with E-state index in [2.05, 4.69) is 6.92 Å². The van der Waals surface area contributed by atoms with Crippen molar-refractivity contribution in [3.63, 3.8) is 0 Å². The molecule has 0 aliphatic heterocycles. The summed E-state index contributed by atoms with van der Waals surface area (Å²) in [6.07, 6.45) is 7.47. The van der Waals surface area contributed by atoms with Crippen LogP contribution in [0.1, 0.15) is 45.4 Å². The topological polar surface area (TPSA) is 37.3 Å². The van der Waals surface area contributed by atoms with E-state index >= 15 is 0 Å². The molecule has 2 saturated carbocycles. The van der Waals surface area contributed by atoms with Gasteiger partial charge in [-0.1, -0.05) is 32.6 Å². The monoisotopic (exact) mass is 196 g/mol. The Morgan fingerprint density at radius 1 is 1.21 bits per heavy atom. The highest BCUT2D eigenvalue weighted by atomic mass is 16.4. The summed E-state index contributed by atoms with van der Waals surface area (Å²) < 4.78 is 0. The Balaban J connectivity index is 2.13. The molecule has 2 heteroatoms. The number of aliphatic carboxylic acids is 1. The van der Waals surface area contributed by atoms with E-state index in [4.69, 9.17) is 0 Å². The van der Waals surface area contributed by atoms with Crippen molar-refractivity contribution in [3.05, 3.63) is 0 Å². The third-order valence-electron chi connectivity index (χ3n) is 4.25. The van der Waals surface area contributed by atoms with Gasteiger partial charge in [0.2, 0.25) is 0 Å². The maximum atomic E-state index is 11.2. The fraction of sp³-hybridized carbons (Fsp3) is 0.917. The van der Waals surface area contributed by atoms with Gasteiger partial charge in [-0.05, 0) is 30.6 Å². The minimum Gasteiger partial charge on any atom is -0.481 e. The summed E-state index contributed by atoms with van der Waals surface area (Å²) in [5.74, 6) is 1.02. The van der Waals surface area contributed by atoms with Crippen molar-refractivity contribution in [1.82, 2.24) is 0 Å². The summed E-state index contributed by atoms with van der Waals surface area (Å²) >= 11 is 0. The highest BCUT2D eigenvalue weighted by Gasteiger charge is 2.44. The van der Waals surface area contributed by atoms with E-state index in [1.807, 2.05) is 0 Å². The van der Waals surface area contributed by atoms with Gasteiger partial charge in [0.15, 0.2) is 0 Å². The molecule has 0 aromatic heterocycles. The molecule has 0 aromatic rings. The molecule has 0 radical (unpaired) electrons. The fourth-order valence-corrected chi connectivity index (χ4v) is 3.65. The van der Waals surface area contributed by atoms with Crippen molar-refractivity contribution >= 4 is 5.97 Å². The van der Waals surface area contributed by atoms with E-state index in [1.54, 1.807) is 0 Å². The zero-order valence-electron chi connectivity index (χ0n) is 8.91. The second kappa shape index (κ2) is 3.92. The third-order valence-corrected chi connectivity index (χ3v) is 4.25. The summed E-state index contributed by atoms with van der Waals surface area (Å²) in [6.45, 7) is 2.12. The molecule has 2 rings (SSSR count). The van der Waals surface area contributed by atoms with E-state index in [9.17, 15) is 9.90 Å². The summed E-state index contributed by atoms with van der Waals surface area (Å²) in [6, 6.07) is 0. The first-order valence-electron chi connectivity index (χ1n) is 5.93. The van der Waals surface area contributed by atoms with Crippen molar-refractivity contribution in [2.75, 3.05) is 0 Å². The van der Waals surface area contributed by atoms with Crippen LogP contribution in [0, 0.1) is 23.7 Å². The normalized spacial score (nSPS) is 42.9. The van der Waals surface area contributed by atoms with Crippen LogP contribution in [0.5, 0.6) is 0 Å². The van der Waals surface area contributed by atoms with Gasteiger partial charge in [-0.15, -0.1) is 0 Å². The van der Waals surface area contributed by atoms with Crippen molar-refractivity contribution in [1.29, 1.82) is 0 Å². The summed E-state index contributed by atoms with van der Waals surface area (Å²) in [7, 11) is 0. The molecule has 4 unspecified atom stereocenters. The van der Waals surface area contributed by atoms with E-state index in [-0.39, 0.29) is 5.92 Å². The van der Waals surface area contributed by atoms with Gasteiger partial charge in [-0.2, -0.15) is 0 Å². The average molecular weight is 196 g/mol. The minimum absolute atomic E-state index is 0.0434. The van der Waals surface area contributed by atoms with E-state index in [0.717, 1.165) is 12.8 Å². The Labute approximate surface area is 85.7 Å². The van der Waals surface area contributed by atoms with Crippen molar-refractivity contribution in [2.45, 2.75) is 45.4 Å². The summed E-state index contributed by atoms with van der Waals surface area (Å²) in [5.41, 5.74) is 0. The molecule has 0 saturated heterocycles. The van der Waals surface area contributed by atoms with E-state index < -0.39 is 5.97 Å². The van der Waals surface area contributed by atoms with Gasteiger partial charge >= 0.3 is 5.97 Å². The van der Waals surface area contributed by atoms with Gasteiger partial charge in [0, 0.05) is 0 Å². The number of rotatable bonds is 1. The largest absolute Gasteiger partial charge is 0.481 e. The number of hydrogen-bond acceptors (Lipinski definition) is 1. The minimum atomic E-state index is -0.549. The van der Waals surface area contributed by atoms with Gasteiger partial charge in [0.05, 0.1) is 5.92 Å². The highest BCUT2D eigenvalue weighted by molar-refractivity contribution is 5.71. The predicted octanol–water partition coefficient (Wildman–Crippen LogP) is 2.92. The average Bonchev–Trinajstić information content (AvgIpc) is 2.31. The summed E-state index contributed by atoms with van der Waals surface area (Å²) in [4.78, 5) is 11.2. The lowest BCUT2D eigenvalue weighted by Gasteiger charge is -2.20. The Morgan fingerprint density at radius 3 is 2.64 bits per heavy atom. The molecule has 14 heavy (non-hydrogen) atoms. The molecule has 1 N–H and O–H groups in total. The first-order chi connectivity index (χ1) is 6.70. The zero-order valence-corrected chi connectivity index (χ0v) is 8.91. The molecule has 80 valence electrons. The number of hydrogen-bond donors (Lipinski definition) is 1. The van der Waals surface area contributed by atoms with Crippen LogP contribution >= 0.6 is 0 Å². The highest BCUT2D eigenvalue weighted by Crippen LogP contribution is 2.47. The standard InChI is InChI=1S/C12H20O2/c1-8-7-9-5-3-2-4-6-10(9)11(8)12(13)14/h8-11H,2-7H2,1H3,(H,13,14). The van der Waals surface area contributed by atoms with Crippen LogP contribution in [-0.2, 0) is 4.79 Å². The van der Waals surface area contributed by atoms with Gasteiger partial charge in [0.25, 0.3) is 0 Å². The number of carbonyl (C=O) groups is 1. The number of carboxylic acid groups (broad SMARTS) is 1. The van der Waals surface area contributed by atoms with Gasteiger partial charge in [0.1, 0.15) is 0 Å². The molecule has 2 aliphatic carbocycles. The van der Waals surface area contributed by atoms with Crippen LogP contribution in [0.2, 0.25) is 0 Å². The van der Waals surface area contributed by atoms with Crippen LogP contribution in [-0.4, -0.2) is 11.1 Å². The second-order valence-electron chi connectivity index (χ2n) is 5.14. The third kappa shape index (κ3) is 1.67. The first-order valence-corrected chi connectivity index (χ1v) is 5.93. The molecule has 4 atom stereocenters. The molecule has 0 amide bonds. The van der Waals surface area contributed by atoms with Crippen LogP contribution < -0.4 is 0 Å². The van der Waals surface area contributed by atoms with E-state index in [1.165, 1.54) is 25.7 Å². The van der Waals surface area contributed by atoms with Gasteiger partial charge in [-0.3, -0.25) is 4.79 Å². The Morgan fingerprint density at radius 2 is 1.93 bits per heavy atom. The molecule has 2 nitrogen and oxygen atoms in total. The Bertz CT molecular complexity index is 224. The van der Waals surface area contributed by atoms with Crippen LogP contribution in [0.15, 0.2) is 0 Å². The fourth-order valence-electron chi connectivity index (χ4n) is 3.65. The van der Waals surface area contributed by atoms with Crippen molar-refractivity contribution < 1.29 is 9.90 Å². The molecule has 0 bridgehead atoms. The molecule has 2 fully saturated rings. The SMILES string of the molecule is CC1CC2CCCCCC2C1C(=O)O. The molecular weight excluding hydrogens is 176 g/mol. The maximum Gasteiger partial charge on any atom is 0.307 e. The lowest BCUT2D eigenvalue weighted by molar-refractivity contribution is -0.144. The molecule has 2 aliphatic rings. The van der Waals surface area contributed by atoms with Crippen LogP contribution in [0.3, 0.4) is 0 Å². The van der Waals surface area contributed by atoms with Crippen LogP contribution in [0.25, 0.3) is 0 Å². The van der Waals surface area contributed by atoms with E-state index in [0.29, 0.717) is 17.8 Å². The quantitative estimate of drug-likeness (QED) is 0.700. The van der Waals surface area contributed by atoms with Crippen LogP contribution in [0.4, 0.5) is 0 Å². The molecule has 0 aromatic carbocycles.